The van der Waals surface area contributed by atoms with Gasteiger partial charge in [-0.05, 0) is 99.7 Å². The first-order chi connectivity index (χ1) is 22.3. The SMILES string of the molecule is COc1cc(CN2CCc3cc(-c4c(C)nc(C)c([C@H](OC(C)(C)C)C(=O)O)c4N4CCC(C)(C)CC4)ccc3C2)cc(C(F)(F)F)c1. The molecule has 1 saturated heterocycles. The number of alkyl halides is 3. The maximum absolute atomic E-state index is 13.5. The minimum Gasteiger partial charge on any atom is -0.497 e. The summed E-state index contributed by atoms with van der Waals surface area (Å²) in [5, 5.41) is 10.5. The van der Waals surface area contributed by atoms with Crippen molar-refractivity contribution in [2.24, 2.45) is 5.41 Å². The lowest BCUT2D eigenvalue weighted by Crippen LogP contribution is -2.39. The zero-order valence-electron chi connectivity index (χ0n) is 29.3. The van der Waals surface area contributed by atoms with Crippen LogP contribution in [-0.2, 0) is 35.2 Å². The number of nitrogens with zero attached hydrogens (tertiary/aromatic N) is 3. The second-order valence-corrected chi connectivity index (χ2v) is 15.0. The number of pyridine rings is 1. The van der Waals surface area contributed by atoms with E-state index in [9.17, 15) is 23.1 Å². The third kappa shape index (κ3) is 7.97. The Balaban J connectivity index is 1.53. The number of piperidine rings is 1. The summed E-state index contributed by atoms with van der Waals surface area (Å²) in [7, 11) is 1.37. The molecule has 0 spiro atoms. The van der Waals surface area contributed by atoms with Gasteiger partial charge in [-0.1, -0.05) is 32.0 Å². The van der Waals surface area contributed by atoms with Crippen LogP contribution in [0.5, 0.6) is 5.75 Å². The summed E-state index contributed by atoms with van der Waals surface area (Å²) in [6.07, 6.45) is -2.97. The van der Waals surface area contributed by atoms with E-state index in [1.807, 2.05) is 34.6 Å². The molecule has 2 aliphatic heterocycles. The van der Waals surface area contributed by atoms with E-state index in [2.05, 4.69) is 41.8 Å². The van der Waals surface area contributed by atoms with Crippen molar-refractivity contribution in [1.29, 1.82) is 0 Å². The van der Waals surface area contributed by atoms with Crippen molar-refractivity contribution >= 4 is 11.7 Å². The lowest BCUT2D eigenvalue weighted by atomic mass is 9.81. The van der Waals surface area contributed by atoms with Gasteiger partial charge in [-0.3, -0.25) is 9.88 Å². The largest absolute Gasteiger partial charge is 0.497 e. The maximum atomic E-state index is 13.5. The Bertz CT molecular complexity index is 1670. The molecule has 1 N–H and O–H groups in total. The summed E-state index contributed by atoms with van der Waals surface area (Å²) in [5.41, 5.74) is 6.44. The quantitative estimate of drug-likeness (QED) is 0.258. The Labute approximate surface area is 282 Å². The Hall–Kier alpha value is -3.63. The number of carboxylic acid groups (broad SMARTS) is 1. The molecule has 5 rings (SSSR count). The van der Waals surface area contributed by atoms with Crippen molar-refractivity contribution in [3.05, 3.63) is 75.6 Å². The van der Waals surface area contributed by atoms with Crippen LogP contribution in [-0.4, -0.2) is 53.3 Å². The van der Waals surface area contributed by atoms with Gasteiger partial charge in [-0.15, -0.1) is 0 Å². The molecule has 0 amide bonds. The highest BCUT2D eigenvalue weighted by Crippen LogP contribution is 2.45. The lowest BCUT2D eigenvalue weighted by Gasteiger charge is -2.41. The van der Waals surface area contributed by atoms with Crippen molar-refractivity contribution in [2.75, 3.05) is 31.6 Å². The van der Waals surface area contributed by atoms with E-state index in [1.54, 1.807) is 6.07 Å². The van der Waals surface area contributed by atoms with Crippen LogP contribution in [0.15, 0.2) is 36.4 Å². The zero-order valence-corrected chi connectivity index (χ0v) is 29.3. The van der Waals surface area contributed by atoms with E-state index in [1.165, 1.54) is 18.7 Å². The van der Waals surface area contributed by atoms with E-state index in [-0.39, 0.29) is 11.2 Å². The maximum Gasteiger partial charge on any atom is 0.416 e. The average Bonchev–Trinajstić information content (AvgIpc) is 2.98. The first kappa shape index (κ1) is 35.7. The number of hydrogen-bond acceptors (Lipinski definition) is 6. The molecule has 0 unspecified atom stereocenters. The molecule has 0 aliphatic carbocycles. The smallest absolute Gasteiger partial charge is 0.416 e. The standard InChI is InChI=1S/C38H48F3N3O4/c1-23-31(33(44-15-12-37(6,7)13-16-44)32(24(2)42-23)34(35(45)46)48-36(3,4)5)27-9-10-28-22-43(14-11-26(28)19-27)21-25-17-29(38(39,40)41)20-30(18-25)47-8/h9-10,17-20,34H,11-16,21-22H2,1-8H3,(H,45,46)/t34-/m0/s1. The highest BCUT2D eigenvalue weighted by molar-refractivity contribution is 5.88. The molecule has 2 aliphatic rings. The minimum absolute atomic E-state index is 0.189. The van der Waals surface area contributed by atoms with Gasteiger partial charge in [-0.2, -0.15) is 13.2 Å². The van der Waals surface area contributed by atoms with Crippen molar-refractivity contribution in [3.8, 4) is 16.9 Å². The molecular weight excluding hydrogens is 619 g/mol. The van der Waals surface area contributed by atoms with Crippen molar-refractivity contribution in [2.45, 2.75) is 98.7 Å². The number of anilines is 1. The molecule has 7 nitrogen and oxygen atoms in total. The summed E-state index contributed by atoms with van der Waals surface area (Å²) in [6, 6.07) is 10.2. The van der Waals surface area contributed by atoms with Gasteiger partial charge in [0.05, 0.1) is 24.0 Å². The molecular formula is C38H48F3N3O4. The van der Waals surface area contributed by atoms with Crippen LogP contribution in [0, 0.1) is 19.3 Å². The summed E-state index contributed by atoms with van der Waals surface area (Å²) < 4.78 is 52.0. The normalized spacial score (nSPS) is 17.6. The predicted octanol–water partition coefficient (Wildman–Crippen LogP) is 8.52. The third-order valence-electron chi connectivity index (χ3n) is 9.49. The van der Waals surface area contributed by atoms with Crippen LogP contribution in [0.4, 0.5) is 18.9 Å². The van der Waals surface area contributed by atoms with Gasteiger partial charge in [0, 0.05) is 55.2 Å². The van der Waals surface area contributed by atoms with Gasteiger partial charge in [0.15, 0.2) is 6.10 Å². The molecule has 1 fully saturated rings. The molecule has 1 atom stereocenters. The summed E-state index contributed by atoms with van der Waals surface area (Å²) >= 11 is 0. The molecule has 3 aromatic rings. The molecule has 2 aromatic carbocycles. The number of aryl methyl sites for hydroxylation is 2. The Morgan fingerprint density at radius 3 is 2.29 bits per heavy atom. The minimum atomic E-state index is -4.45. The van der Waals surface area contributed by atoms with Gasteiger partial charge in [0.25, 0.3) is 0 Å². The molecule has 260 valence electrons. The fraction of sp³-hybridized carbons (Fsp3) is 0.526. The Morgan fingerprint density at radius 1 is 1.00 bits per heavy atom. The first-order valence-electron chi connectivity index (χ1n) is 16.6. The molecule has 3 heterocycles. The number of ether oxygens (including phenoxy) is 2. The molecule has 0 radical (unpaired) electrons. The third-order valence-corrected chi connectivity index (χ3v) is 9.49. The fourth-order valence-electron chi connectivity index (χ4n) is 6.95. The Kier molecular flexibility index (Phi) is 9.92. The van der Waals surface area contributed by atoms with Crippen LogP contribution in [0.3, 0.4) is 0 Å². The molecule has 0 bridgehead atoms. The van der Waals surface area contributed by atoms with Crippen molar-refractivity contribution < 1.29 is 32.5 Å². The predicted molar refractivity (Wildman–Crippen MR) is 181 cm³/mol. The summed E-state index contributed by atoms with van der Waals surface area (Å²) in [4.78, 5) is 22.2. The number of methoxy groups -OCH3 is 1. The fourth-order valence-corrected chi connectivity index (χ4v) is 6.95. The van der Waals surface area contributed by atoms with E-state index in [4.69, 9.17) is 14.5 Å². The highest BCUT2D eigenvalue weighted by Gasteiger charge is 2.37. The van der Waals surface area contributed by atoms with E-state index in [0.29, 0.717) is 36.5 Å². The zero-order chi connectivity index (χ0) is 35.2. The number of hydrogen-bond donors (Lipinski definition) is 1. The van der Waals surface area contributed by atoms with Gasteiger partial charge in [0.1, 0.15) is 5.75 Å². The van der Waals surface area contributed by atoms with Crippen molar-refractivity contribution in [1.82, 2.24) is 9.88 Å². The topological polar surface area (TPSA) is 75.1 Å². The average molecular weight is 668 g/mol. The van der Waals surface area contributed by atoms with Gasteiger partial charge in [0.2, 0.25) is 0 Å². The monoisotopic (exact) mass is 667 g/mol. The van der Waals surface area contributed by atoms with Gasteiger partial charge >= 0.3 is 12.1 Å². The van der Waals surface area contributed by atoms with E-state index >= 15 is 0 Å². The Morgan fingerprint density at radius 2 is 1.69 bits per heavy atom. The van der Waals surface area contributed by atoms with Crippen LogP contribution in [0.25, 0.3) is 11.1 Å². The number of halogens is 3. The summed E-state index contributed by atoms with van der Waals surface area (Å²) in [6.45, 7) is 17.2. The first-order valence-corrected chi connectivity index (χ1v) is 16.6. The number of aromatic nitrogens is 1. The van der Waals surface area contributed by atoms with Gasteiger partial charge in [-0.25, -0.2) is 4.79 Å². The number of aliphatic carboxylic acids is 1. The number of carbonyl (C=O) groups is 1. The number of benzene rings is 2. The van der Waals surface area contributed by atoms with Crippen LogP contribution in [0.1, 0.15) is 92.8 Å². The van der Waals surface area contributed by atoms with E-state index in [0.717, 1.165) is 66.5 Å². The van der Waals surface area contributed by atoms with Gasteiger partial charge < -0.3 is 19.5 Å². The summed E-state index contributed by atoms with van der Waals surface area (Å²) in [5.74, 6) is -0.860. The molecule has 48 heavy (non-hydrogen) atoms. The number of rotatable bonds is 8. The van der Waals surface area contributed by atoms with Crippen LogP contribution >= 0.6 is 0 Å². The molecule has 10 heteroatoms. The second-order valence-electron chi connectivity index (χ2n) is 15.0. The van der Waals surface area contributed by atoms with Crippen LogP contribution in [0.2, 0.25) is 0 Å². The lowest BCUT2D eigenvalue weighted by molar-refractivity contribution is -0.160. The highest BCUT2D eigenvalue weighted by atomic mass is 19.4. The van der Waals surface area contributed by atoms with E-state index < -0.39 is 29.4 Å². The van der Waals surface area contributed by atoms with Crippen LogP contribution < -0.4 is 9.64 Å². The van der Waals surface area contributed by atoms with Crippen molar-refractivity contribution in [3.63, 3.8) is 0 Å². The number of fused-ring (bicyclic) bond motifs is 1. The molecule has 0 saturated carbocycles. The molecule has 1 aromatic heterocycles. The number of carboxylic acids is 1. The second kappa shape index (κ2) is 13.3.